The second-order valence-corrected chi connectivity index (χ2v) is 4.20. The van der Waals surface area contributed by atoms with E-state index in [9.17, 15) is 22.8 Å². The molecule has 1 heterocycles. The highest BCUT2D eigenvalue weighted by Gasteiger charge is 2.47. The number of alkyl halides is 3. The SMILES string of the molecule is O=C(O)CN(CC1(CO)COC1)C(=O)C(F)(F)F. The molecule has 0 aliphatic carbocycles. The molecule has 0 spiro atoms. The standard InChI is InChI=1S/C9H12F3NO5/c10-9(11,12)7(17)13(1-6(15)16)2-8(3-14)4-18-5-8/h14H,1-5H2,(H,15,16). The number of carbonyl (C=O) groups excluding carboxylic acids is 1. The topological polar surface area (TPSA) is 87.1 Å². The number of carboxylic acids is 1. The van der Waals surface area contributed by atoms with E-state index < -0.39 is 43.2 Å². The average molecular weight is 271 g/mol. The zero-order valence-electron chi connectivity index (χ0n) is 9.24. The van der Waals surface area contributed by atoms with Crippen LogP contribution in [0.15, 0.2) is 0 Å². The Morgan fingerprint density at radius 1 is 1.33 bits per heavy atom. The van der Waals surface area contributed by atoms with E-state index in [0.717, 1.165) is 0 Å². The lowest BCUT2D eigenvalue weighted by atomic mass is 9.86. The van der Waals surface area contributed by atoms with Crippen molar-refractivity contribution in [3.63, 3.8) is 0 Å². The predicted octanol–water partition coefficient (Wildman–Crippen LogP) is -0.529. The zero-order valence-corrected chi connectivity index (χ0v) is 9.24. The smallest absolute Gasteiger partial charge is 0.471 e. The molecule has 9 heteroatoms. The molecule has 1 rings (SSSR count). The van der Waals surface area contributed by atoms with Crippen LogP contribution in [-0.2, 0) is 14.3 Å². The Morgan fingerprint density at radius 3 is 2.17 bits per heavy atom. The first-order chi connectivity index (χ1) is 8.20. The van der Waals surface area contributed by atoms with Crippen LogP contribution in [0.5, 0.6) is 0 Å². The third-order valence-electron chi connectivity index (χ3n) is 2.53. The summed E-state index contributed by atoms with van der Waals surface area (Å²) in [4.78, 5) is 21.7. The first-order valence-electron chi connectivity index (χ1n) is 4.97. The maximum atomic E-state index is 12.3. The highest BCUT2D eigenvalue weighted by molar-refractivity contribution is 5.85. The Morgan fingerprint density at radius 2 is 1.89 bits per heavy atom. The Balaban J connectivity index is 2.78. The molecule has 6 nitrogen and oxygen atoms in total. The molecule has 1 fully saturated rings. The van der Waals surface area contributed by atoms with Crippen molar-refractivity contribution in [2.24, 2.45) is 5.41 Å². The van der Waals surface area contributed by atoms with E-state index in [0.29, 0.717) is 0 Å². The molecule has 0 radical (unpaired) electrons. The fourth-order valence-electron chi connectivity index (χ4n) is 1.57. The summed E-state index contributed by atoms with van der Waals surface area (Å²) in [7, 11) is 0. The van der Waals surface area contributed by atoms with Crippen molar-refractivity contribution < 1.29 is 37.7 Å². The minimum atomic E-state index is -5.14. The summed E-state index contributed by atoms with van der Waals surface area (Å²) in [5.41, 5.74) is -1.00. The van der Waals surface area contributed by atoms with E-state index in [4.69, 9.17) is 14.9 Å². The minimum absolute atomic E-state index is 0.00917. The van der Waals surface area contributed by atoms with E-state index >= 15 is 0 Å². The van der Waals surface area contributed by atoms with Gasteiger partial charge in [-0.05, 0) is 0 Å². The molecule has 0 aromatic rings. The molecule has 1 aliphatic rings. The zero-order chi connectivity index (χ0) is 14.0. The fraction of sp³-hybridized carbons (Fsp3) is 0.778. The normalized spacial score (nSPS) is 18.0. The fourth-order valence-corrected chi connectivity index (χ4v) is 1.57. The van der Waals surface area contributed by atoms with Gasteiger partial charge in [-0.2, -0.15) is 13.2 Å². The maximum absolute atomic E-state index is 12.3. The summed E-state index contributed by atoms with van der Waals surface area (Å²) in [5.74, 6) is -3.79. The van der Waals surface area contributed by atoms with Gasteiger partial charge in [0.15, 0.2) is 0 Å². The number of hydrogen-bond acceptors (Lipinski definition) is 4. The third-order valence-corrected chi connectivity index (χ3v) is 2.53. The Labute approximate surface area is 99.9 Å². The molecule has 1 aliphatic heterocycles. The molecule has 104 valence electrons. The van der Waals surface area contributed by atoms with Crippen LogP contribution in [0.25, 0.3) is 0 Å². The van der Waals surface area contributed by atoms with Gasteiger partial charge in [-0.3, -0.25) is 9.59 Å². The number of hydrogen-bond donors (Lipinski definition) is 2. The number of nitrogens with zero attached hydrogens (tertiary/aromatic N) is 1. The molecule has 0 unspecified atom stereocenters. The molecule has 1 amide bonds. The van der Waals surface area contributed by atoms with E-state index in [1.165, 1.54) is 0 Å². The van der Waals surface area contributed by atoms with Crippen LogP contribution in [0, 0.1) is 5.41 Å². The lowest BCUT2D eigenvalue weighted by Gasteiger charge is -2.42. The van der Waals surface area contributed by atoms with Crippen LogP contribution in [-0.4, -0.2) is 66.1 Å². The van der Waals surface area contributed by atoms with Gasteiger partial charge in [0.2, 0.25) is 0 Å². The molecule has 2 N–H and O–H groups in total. The molecule has 0 bridgehead atoms. The van der Waals surface area contributed by atoms with Gasteiger partial charge in [0.1, 0.15) is 6.54 Å². The van der Waals surface area contributed by atoms with Crippen LogP contribution in [0.4, 0.5) is 13.2 Å². The number of aliphatic hydroxyl groups is 1. The molecular formula is C9H12F3NO5. The molecular weight excluding hydrogens is 259 g/mol. The first kappa shape index (κ1) is 14.7. The Bertz CT molecular complexity index is 334. The quantitative estimate of drug-likeness (QED) is 0.702. The van der Waals surface area contributed by atoms with Crippen molar-refractivity contribution in [1.29, 1.82) is 0 Å². The molecule has 0 atom stereocenters. The van der Waals surface area contributed by atoms with Gasteiger partial charge in [-0.15, -0.1) is 0 Å². The van der Waals surface area contributed by atoms with Crippen LogP contribution in [0.2, 0.25) is 0 Å². The Kier molecular flexibility index (Phi) is 4.17. The summed E-state index contributed by atoms with van der Waals surface area (Å²) < 4.78 is 41.6. The number of aliphatic carboxylic acids is 1. The summed E-state index contributed by atoms with van der Waals surface area (Å²) in [6, 6.07) is 0. The third kappa shape index (κ3) is 3.33. The highest BCUT2D eigenvalue weighted by atomic mass is 19.4. The summed E-state index contributed by atoms with van der Waals surface area (Å²) in [6.07, 6.45) is -5.14. The van der Waals surface area contributed by atoms with Crippen molar-refractivity contribution in [3.8, 4) is 0 Å². The lowest BCUT2D eigenvalue weighted by Crippen LogP contribution is -2.57. The van der Waals surface area contributed by atoms with Gasteiger partial charge in [-0.25, -0.2) is 0 Å². The maximum Gasteiger partial charge on any atom is 0.471 e. The van der Waals surface area contributed by atoms with Gasteiger partial charge < -0.3 is 19.8 Å². The number of carboxylic acid groups (broad SMARTS) is 1. The Hall–Kier alpha value is -1.35. The van der Waals surface area contributed by atoms with Crippen LogP contribution in [0.1, 0.15) is 0 Å². The molecule has 0 saturated carbocycles. The van der Waals surface area contributed by atoms with Gasteiger partial charge in [0, 0.05) is 6.54 Å². The van der Waals surface area contributed by atoms with E-state index in [1.807, 2.05) is 0 Å². The van der Waals surface area contributed by atoms with Crippen LogP contribution >= 0.6 is 0 Å². The summed E-state index contributed by atoms with van der Waals surface area (Å²) in [6.45, 7) is -2.07. The van der Waals surface area contributed by atoms with Crippen molar-refractivity contribution in [2.45, 2.75) is 6.18 Å². The lowest BCUT2D eigenvalue weighted by molar-refractivity contribution is -0.196. The van der Waals surface area contributed by atoms with Crippen molar-refractivity contribution in [1.82, 2.24) is 4.90 Å². The molecule has 0 aromatic heterocycles. The van der Waals surface area contributed by atoms with Crippen LogP contribution < -0.4 is 0 Å². The average Bonchev–Trinajstić information content (AvgIpc) is 2.18. The van der Waals surface area contributed by atoms with E-state index in [1.54, 1.807) is 0 Å². The van der Waals surface area contributed by atoms with Gasteiger partial charge in [0.25, 0.3) is 0 Å². The number of rotatable bonds is 5. The molecule has 18 heavy (non-hydrogen) atoms. The van der Waals surface area contributed by atoms with Gasteiger partial charge in [0.05, 0.1) is 25.2 Å². The van der Waals surface area contributed by atoms with Gasteiger partial charge in [-0.1, -0.05) is 0 Å². The van der Waals surface area contributed by atoms with Crippen molar-refractivity contribution >= 4 is 11.9 Å². The summed E-state index contributed by atoms with van der Waals surface area (Å²) >= 11 is 0. The van der Waals surface area contributed by atoms with Crippen molar-refractivity contribution in [2.75, 3.05) is 32.9 Å². The highest BCUT2D eigenvalue weighted by Crippen LogP contribution is 2.29. The predicted molar refractivity (Wildman–Crippen MR) is 50.6 cm³/mol. The second-order valence-electron chi connectivity index (χ2n) is 4.20. The monoisotopic (exact) mass is 271 g/mol. The van der Waals surface area contributed by atoms with E-state index in [2.05, 4.69) is 0 Å². The number of amides is 1. The minimum Gasteiger partial charge on any atom is -0.480 e. The number of ether oxygens (including phenoxy) is 1. The molecule has 1 saturated heterocycles. The van der Waals surface area contributed by atoms with Crippen LogP contribution in [0.3, 0.4) is 0 Å². The largest absolute Gasteiger partial charge is 0.480 e. The number of carbonyl (C=O) groups is 2. The second kappa shape index (κ2) is 5.11. The van der Waals surface area contributed by atoms with Crippen molar-refractivity contribution in [3.05, 3.63) is 0 Å². The number of aliphatic hydroxyl groups excluding tert-OH is 1. The summed E-state index contributed by atoms with van der Waals surface area (Å²) in [5, 5.41) is 17.6. The first-order valence-corrected chi connectivity index (χ1v) is 4.97. The van der Waals surface area contributed by atoms with Gasteiger partial charge >= 0.3 is 18.1 Å². The van der Waals surface area contributed by atoms with E-state index in [-0.39, 0.29) is 18.1 Å². The molecule has 0 aromatic carbocycles. The number of halogens is 3.